The minimum atomic E-state index is -0.826. The highest BCUT2D eigenvalue weighted by molar-refractivity contribution is 8.76. The van der Waals surface area contributed by atoms with Crippen LogP contribution in [-0.2, 0) is 19.1 Å². The van der Waals surface area contributed by atoms with E-state index in [1.807, 2.05) is 0 Å². The highest BCUT2D eigenvalue weighted by Gasteiger charge is 2.30. The second-order valence-corrected chi connectivity index (χ2v) is 9.56. The standard InChI is InChI=1S/C16H27N3O6S2/c1-16(2,3)25-15(24)19-7-6-18(13(21)11-19)10-12(20)17-5-9-27-26-8-4-14(22)23/h4-11H2,1-3H3,(H,17,20)(H,22,23). The fourth-order valence-corrected chi connectivity index (χ4v) is 3.95. The zero-order valence-electron chi connectivity index (χ0n) is 15.9. The first-order valence-corrected chi connectivity index (χ1v) is 11.1. The van der Waals surface area contributed by atoms with E-state index in [-0.39, 0.29) is 37.9 Å². The zero-order chi connectivity index (χ0) is 20.4. The van der Waals surface area contributed by atoms with Crippen molar-refractivity contribution in [2.45, 2.75) is 32.8 Å². The van der Waals surface area contributed by atoms with Crippen molar-refractivity contribution >= 4 is 45.5 Å². The summed E-state index contributed by atoms with van der Waals surface area (Å²) in [6, 6.07) is 0. The maximum absolute atomic E-state index is 12.2. The van der Waals surface area contributed by atoms with Crippen molar-refractivity contribution in [3.8, 4) is 0 Å². The van der Waals surface area contributed by atoms with Gasteiger partial charge in [-0.15, -0.1) is 0 Å². The third-order valence-electron chi connectivity index (χ3n) is 3.29. The minimum Gasteiger partial charge on any atom is -0.481 e. The number of carbonyl (C=O) groups is 4. The van der Waals surface area contributed by atoms with Gasteiger partial charge < -0.3 is 20.1 Å². The molecule has 154 valence electrons. The molecule has 11 heteroatoms. The number of nitrogens with one attached hydrogen (secondary N) is 1. The summed E-state index contributed by atoms with van der Waals surface area (Å²) in [6.07, 6.45) is -0.418. The lowest BCUT2D eigenvalue weighted by molar-refractivity contribution is -0.139. The van der Waals surface area contributed by atoms with E-state index in [2.05, 4.69) is 5.32 Å². The second-order valence-electron chi connectivity index (χ2n) is 6.85. The van der Waals surface area contributed by atoms with Crippen LogP contribution in [0.5, 0.6) is 0 Å². The van der Waals surface area contributed by atoms with Gasteiger partial charge in [0.2, 0.25) is 11.8 Å². The van der Waals surface area contributed by atoms with Crippen molar-refractivity contribution in [1.82, 2.24) is 15.1 Å². The Labute approximate surface area is 166 Å². The molecule has 1 aliphatic heterocycles. The van der Waals surface area contributed by atoms with E-state index in [1.54, 1.807) is 20.8 Å². The number of hydrogen-bond donors (Lipinski definition) is 2. The molecule has 0 spiro atoms. The van der Waals surface area contributed by atoms with Gasteiger partial charge in [-0.3, -0.25) is 19.3 Å². The number of hydrogen-bond acceptors (Lipinski definition) is 7. The summed E-state index contributed by atoms with van der Waals surface area (Å²) >= 11 is 0. The highest BCUT2D eigenvalue weighted by atomic mass is 33.1. The van der Waals surface area contributed by atoms with Crippen LogP contribution in [0.1, 0.15) is 27.2 Å². The smallest absolute Gasteiger partial charge is 0.410 e. The summed E-state index contributed by atoms with van der Waals surface area (Å²) in [7, 11) is 2.94. The van der Waals surface area contributed by atoms with Crippen molar-refractivity contribution < 1.29 is 29.0 Å². The van der Waals surface area contributed by atoms with Crippen LogP contribution in [0.3, 0.4) is 0 Å². The summed E-state index contributed by atoms with van der Waals surface area (Å²) < 4.78 is 5.25. The van der Waals surface area contributed by atoms with Crippen LogP contribution in [0.15, 0.2) is 0 Å². The third kappa shape index (κ3) is 10.3. The van der Waals surface area contributed by atoms with E-state index in [4.69, 9.17) is 9.84 Å². The monoisotopic (exact) mass is 421 g/mol. The van der Waals surface area contributed by atoms with Crippen molar-refractivity contribution in [2.75, 3.05) is 44.2 Å². The molecule has 0 bridgehead atoms. The highest BCUT2D eigenvalue weighted by Crippen LogP contribution is 2.20. The minimum absolute atomic E-state index is 0.0438. The molecule has 0 atom stereocenters. The first kappa shape index (κ1) is 23.4. The van der Waals surface area contributed by atoms with Gasteiger partial charge in [-0.1, -0.05) is 21.6 Å². The normalized spacial score (nSPS) is 14.9. The van der Waals surface area contributed by atoms with Crippen LogP contribution in [0.4, 0.5) is 4.79 Å². The number of ether oxygens (including phenoxy) is 1. The molecule has 1 saturated heterocycles. The SMILES string of the molecule is CC(C)(C)OC(=O)N1CCN(CC(=O)NCCSSCCC(=O)O)C(=O)C1. The van der Waals surface area contributed by atoms with Gasteiger partial charge >= 0.3 is 12.1 Å². The van der Waals surface area contributed by atoms with Crippen LogP contribution in [0, 0.1) is 0 Å². The Kier molecular flexibility index (Phi) is 9.78. The molecule has 1 rings (SSSR count). The lowest BCUT2D eigenvalue weighted by Gasteiger charge is -2.34. The van der Waals surface area contributed by atoms with Crippen LogP contribution in [-0.4, -0.2) is 88.6 Å². The van der Waals surface area contributed by atoms with E-state index in [9.17, 15) is 19.2 Å². The van der Waals surface area contributed by atoms with Crippen LogP contribution < -0.4 is 5.32 Å². The van der Waals surface area contributed by atoms with Crippen molar-refractivity contribution in [1.29, 1.82) is 0 Å². The van der Waals surface area contributed by atoms with Crippen LogP contribution in [0.2, 0.25) is 0 Å². The van der Waals surface area contributed by atoms with Gasteiger partial charge in [0.1, 0.15) is 12.1 Å². The predicted octanol–water partition coefficient (Wildman–Crippen LogP) is 1.04. The van der Waals surface area contributed by atoms with Gasteiger partial charge in [0.15, 0.2) is 0 Å². The Morgan fingerprint density at radius 1 is 1.19 bits per heavy atom. The molecule has 1 heterocycles. The number of rotatable bonds is 9. The molecule has 0 aromatic heterocycles. The quantitative estimate of drug-likeness (QED) is 0.419. The van der Waals surface area contributed by atoms with Gasteiger partial charge in [-0.05, 0) is 20.8 Å². The number of aliphatic carboxylic acids is 1. The first-order valence-electron chi connectivity index (χ1n) is 8.57. The lowest BCUT2D eigenvalue weighted by Crippen LogP contribution is -2.55. The molecule has 3 amide bonds. The summed E-state index contributed by atoms with van der Waals surface area (Å²) in [5.41, 5.74) is -0.624. The average Bonchev–Trinajstić information content (AvgIpc) is 2.54. The van der Waals surface area contributed by atoms with E-state index < -0.39 is 17.7 Å². The number of amides is 3. The van der Waals surface area contributed by atoms with Crippen molar-refractivity contribution in [3.05, 3.63) is 0 Å². The Hall–Kier alpha value is -1.62. The predicted molar refractivity (Wildman–Crippen MR) is 105 cm³/mol. The Balaban J connectivity index is 2.22. The third-order valence-corrected chi connectivity index (χ3v) is 5.70. The second kappa shape index (κ2) is 11.3. The molecule has 0 aromatic rings. The molecule has 0 unspecified atom stereocenters. The van der Waals surface area contributed by atoms with E-state index >= 15 is 0 Å². The molecule has 0 aliphatic carbocycles. The van der Waals surface area contributed by atoms with E-state index in [0.29, 0.717) is 24.6 Å². The molecule has 9 nitrogen and oxygen atoms in total. The summed E-state index contributed by atoms with van der Waals surface area (Å²) in [6.45, 7) is 6.18. The molecule has 27 heavy (non-hydrogen) atoms. The zero-order valence-corrected chi connectivity index (χ0v) is 17.5. The van der Waals surface area contributed by atoms with Gasteiger partial charge in [0.05, 0.1) is 13.0 Å². The number of nitrogens with zero attached hydrogens (tertiary/aromatic N) is 2. The van der Waals surface area contributed by atoms with Gasteiger partial charge in [-0.2, -0.15) is 0 Å². The van der Waals surface area contributed by atoms with Gasteiger partial charge in [-0.25, -0.2) is 4.79 Å². The van der Waals surface area contributed by atoms with Crippen molar-refractivity contribution in [3.63, 3.8) is 0 Å². The fraction of sp³-hybridized carbons (Fsp3) is 0.750. The average molecular weight is 422 g/mol. The first-order chi connectivity index (χ1) is 12.6. The molecule has 1 aliphatic rings. The molecule has 1 fully saturated rings. The van der Waals surface area contributed by atoms with Crippen LogP contribution >= 0.6 is 21.6 Å². The molecular formula is C16H27N3O6S2. The Morgan fingerprint density at radius 3 is 2.44 bits per heavy atom. The van der Waals surface area contributed by atoms with E-state index in [1.165, 1.54) is 31.4 Å². The van der Waals surface area contributed by atoms with Crippen LogP contribution in [0.25, 0.3) is 0 Å². The Bertz CT molecular complexity index is 553. The summed E-state index contributed by atoms with van der Waals surface area (Å²) in [5.74, 6) is -0.209. The molecule has 0 radical (unpaired) electrons. The maximum Gasteiger partial charge on any atom is 0.410 e. The lowest BCUT2D eigenvalue weighted by atomic mass is 10.2. The maximum atomic E-state index is 12.2. The van der Waals surface area contributed by atoms with E-state index in [0.717, 1.165) is 0 Å². The number of carboxylic acid groups (broad SMARTS) is 1. The molecule has 0 aromatic carbocycles. The fourth-order valence-electron chi connectivity index (χ4n) is 2.07. The molecular weight excluding hydrogens is 394 g/mol. The Morgan fingerprint density at radius 2 is 1.85 bits per heavy atom. The summed E-state index contributed by atoms with van der Waals surface area (Å²) in [5, 5.41) is 11.2. The van der Waals surface area contributed by atoms with Crippen molar-refractivity contribution in [2.24, 2.45) is 0 Å². The van der Waals surface area contributed by atoms with Gasteiger partial charge in [0, 0.05) is 31.1 Å². The topological polar surface area (TPSA) is 116 Å². The molecule has 0 saturated carbocycles. The largest absolute Gasteiger partial charge is 0.481 e. The summed E-state index contributed by atoms with van der Waals surface area (Å²) in [4.78, 5) is 49.2. The van der Waals surface area contributed by atoms with Gasteiger partial charge in [0.25, 0.3) is 0 Å². The molecule has 2 N–H and O–H groups in total. The number of carbonyl (C=O) groups excluding carboxylic acids is 3. The number of carboxylic acids is 1. The number of piperazine rings is 1.